The van der Waals surface area contributed by atoms with Crippen molar-refractivity contribution in [1.29, 1.82) is 0 Å². The molecule has 0 unspecified atom stereocenters. The number of hydrogen-bond donors (Lipinski definition) is 2. The molecule has 0 aromatic heterocycles. The zero-order valence-corrected chi connectivity index (χ0v) is 18.0. The first-order chi connectivity index (χ1) is 15.0. The number of carbonyl (C=O) groups is 2. The SMILES string of the molecule is CCN(CC)c1ccc(NC(=O)C(=O)Nc2ccc(Oc3ccccc3)cc2)c(C)c1. The van der Waals surface area contributed by atoms with E-state index >= 15 is 0 Å². The highest BCUT2D eigenvalue weighted by atomic mass is 16.5. The third-order valence-corrected chi connectivity index (χ3v) is 4.88. The monoisotopic (exact) mass is 417 g/mol. The van der Waals surface area contributed by atoms with Crippen LogP contribution in [-0.2, 0) is 9.59 Å². The molecule has 6 nitrogen and oxygen atoms in total. The van der Waals surface area contributed by atoms with Gasteiger partial charge in [-0.3, -0.25) is 9.59 Å². The maximum absolute atomic E-state index is 12.4. The van der Waals surface area contributed by atoms with Crippen LogP contribution in [-0.4, -0.2) is 24.9 Å². The van der Waals surface area contributed by atoms with Crippen molar-refractivity contribution in [3.05, 3.63) is 78.4 Å². The van der Waals surface area contributed by atoms with Crippen LogP contribution in [0.4, 0.5) is 17.1 Å². The van der Waals surface area contributed by atoms with Crippen molar-refractivity contribution in [1.82, 2.24) is 0 Å². The van der Waals surface area contributed by atoms with Crippen molar-refractivity contribution in [2.75, 3.05) is 28.6 Å². The van der Waals surface area contributed by atoms with Crippen molar-refractivity contribution >= 4 is 28.9 Å². The smallest absolute Gasteiger partial charge is 0.314 e. The molecule has 2 N–H and O–H groups in total. The molecule has 3 rings (SSSR count). The third kappa shape index (κ3) is 5.85. The molecule has 0 aliphatic rings. The molecule has 2 amide bonds. The van der Waals surface area contributed by atoms with Gasteiger partial charge in [0.15, 0.2) is 0 Å². The van der Waals surface area contributed by atoms with Gasteiger partial charge < -0.3 is 20.3 Å². The van der Waals surface area contributed by atoms with Crippen molar-refractivity contribution in [2.24, 2.45) is 0 Å². The summed E-state index contributed by atoms with van der Waals surface area (Å²) < 4.78 is 5.73. The van der Waals surface area contributed by atoms with E-state index in [1.807, 2.05) is 55.5 Å². The van der Waals surface area contributed by atoms with Crippen molar-refractivity contribution in [2.45, 2.75) is 20.8 Å². The Hall–Kier alpha value is -3.80. The minimum atomic E-state index is -0.732. The van der Waals surface area contributed by atoms with Crippen molar-refractivity contribution in [3.63, 3.8) is 0 Å². The number of aryl methyl sites for hydroxylation is 1. The summed E-state index contributed by atoms with van der Waals surface area (Å²) in [6, 6.07) is 22.0. The molecule has 0 spiro atoms. The summed E-state index contributed by atoms with van der Waals surface area (Å²) in [7, 11) is 0. The van der Waals surface area contributed by atoms with E-state index in [2.05, 4.69) is 29.4 Å². The molecule has 6 heteroatoms. The lowest BCUT2D eigenvalue weighted by atomic mass is 10.1. The molecule has 0 aliphatic heterocycles. The van der Waals surface area contributed by atoms with Gasteiger partial charge in [-0.2, -0.15) is 0 Å². The van der Waals surface area contributed by atoms with Gasteiger partial charge in [-0.05, 0) is 80.9 Å². The summed E-state index contributed by atoms with van der Waals surface area (Å²) in [5.41, 5.74) is 3.10. The van der Waals surface area contributed by atoms with E-state index < -0.39 is 11.8 Å². The molecule has 0 saturated carbocycles. The van der Waals surface area contributed by atoms with Crippen LogP contribution in [0.25, 0.3) is 0 Å². The minimum Gasteiger partial charge on any atom is -0.457 e. The summed E-state index contributed by atoms with van der Waals surface area (Å²) in [5, 5.41) is 5.29. The number of para-hydroxylation sites is 1. The fourth-order valence-corrected chi connectivity index (χ4v) is 3.17. The summed E-state index contributed by atoms with van der Waals surface area (Å²) >= 11 is 0. The van der Waals surface area contributed by atoms with Gasteiger partial charge in [0.25, 0.3) is 0 Å². The number of nitrogens with one attached hydrogen (secondary N) is 2. The number of nitrogens with zero attached hydrogens (tertiary/aromatic N) is 1. The standard InChI is InChI=1S/C25H27N3O3/c1-4-28(5-2)20-13-16-23(18(3)17-20)27-25(30)24(29)26-19-11-14-22(15-12-19)31-21-9-7-6-8-10-21/h6-17H,4-5H2,1-3H3,(H,26,29)(H,27,30). The Morgan fingerprint density at radius 3 is 2.03 bits per heavy atom. The molecule has 3 aromatic carbocycles. The molecule has 0 heterocycles. The van der Waals surface area contributed by atoms with Crippen LogP contribution < -0.4 is 20.3 Å². The summed E-state index contributed by atoms with van der Waals surface area (Å²) in [6.07, 6.45) is 0. The molecule has 0 radical (unpaired) electrons. The van der Waals surface area contributed by atoms with Crippen molar-refractivity contribution < 1.29 is 14.3 Å². The fraction of sp³-hybridized carbons (Fsp3) is 0.200. The van der Waals surface area contributed by atoms with Crippen molar-refractivity contribution in [3.8, 4) is 11.5 Å². The molecule has 31 heavy (non-hydrogen) atoms. The molecule has 0 aliphatic carbocycles. The van der Waals surface area contributed by atoms with Gasteiger partial charge in [0.1, 0.15) is 11.5 Å². The summed E-state index contributed by atoms with van der Waals surface area (Å²) in [4.78, 5) is 26.9. The molecule has 0 atom stereocenters. The fourth-order valence-electron chi connectivity index (χ4n) is 3.17. The minimum absolute atomic E-state index is 0.508. The van der Waals surface area contributed by atoms with Gasteiger partial charge in [0.2, 0.25) is 0 Å². The number of rotatable bonds is 7. The van der Waals surface area contributed by atoms with Gasteiger partial charge in [-0.25, -0.2) is 0 Å². The Morgan fingerprint density at radius 1 is 0.806 bits per heavy atom. The summed E-state index contributed by atoms with van der Waals surface area (Å²) in [6.45, 7) is 7.91. The third-order valence-electron chi connectivity index (χ3n) is 4.88. The van der Waals surface area contributed by atoms with Crippen LogP contribution in [0.1, 0.15) is 19.4 Å². The first-order valence-corrected chi connectivity index (χ1v) is 10.3. The lowest BCUT2D eigenvalue weighted by Crippen LogP contribution is -2.29. The lowest BCUT2D eigenvalue weighted by molar-refractivity contribution is -0.133. The zero-order valence-electron chi connectivity index (χ0n) is 18.0. The van der Waals surface area contributed by atoms with E-state index in [1.54, 1.807) is 24.3 Å². The molecule has 0 saturated heterocycles. The molecular formula is C25H27N3O3. The normalized spacial score (nSPS) is 10.3. The van der Waals surface area contributed by atoms with Crippen LogP contribution >= 0.6 is 0 Å². The van der Waals surface area contributed by atoms with E-state index in [4.69, 9.17) is 4.74 Å². The Kier molecular flexibility index (Phi) is 7.27. The predicted molar refractivity (Wildman–Crippen MR) is 125 cm³/mol. The topological polar surface area (TPSA) is 70.7 Å². The molecular weight excluding hydrogens is 390 g/mol. The van der Waals surface area contributed by atoms with E-state index in [0.717, 1.165) is 30.1 Å². The Balaban J connectivity index is 1.58. The first kappa shape index (κ1) is 21.9. The van der Waals surface area contributed by atoms with Crippen LogP contribution in [0.3, 0.4) is 0 Å². The average Bonchev–Trinajstić information content (AvgIpc) is 2.78. The number of hydrogen-bond acceptors (Lipinski definition) is 4. The van der Waals surface area contributed by atoms with Gasteiger partial charge in [-0.15, -0.1) is 0 Å². The second kappa shape index (κ2) is 10.3. The average molecular weight is 418 g/mol. The Labute approximate surface area is 182 Å². The van der Waals surface area contributed by atoms with E-state index in [9.17, 15) is 9.59 Å². The van der Waals surface area contributed by atoms with Gasteiger partial charge in [-0.1, -0.05) is 18.2 Å². The molecule has 3 aromatic rings. The number of amides is 2. The van der Waals surface area contributed by atoms with E-state index in [-0.39, 0.29) is 0 Å². The maximum atomic E-state index is 12.4. The van der Waals surface area contributed by atoms with Crippen LogP contribution in [0.5, 0.6) is 11.5 Å². The summed E-state index contributed by atoms with van der Waals surface area (Å²) in [5.74, 6) is -0.0918. The number of anilines is 3. The largest absolute Gasteiger partial charge is 0.457 e. The van der Waals surface area contributed by atoms with E-state index in [0.29, 0.717) is 17.1 Å². The number of benzene rings is 3. The highest BCUT2D eigenvalue weighted by Gasteiger charge is 2.15. The molecule has 160 valence electrons. The highest BCUT2D eigenvalue weighted by Crippen LogP contribution is 2.24. The number of carbonyl (C=O) groups excluding carboxylic acids is 2. The lowest BCUT2D eigenvalue weighted by Gasteiger charge is -2.22. The van der Waals surface area contributed by atoms with Crippen LogP contribution in [0, 0.1) is 6.92 Å². The highest BCUT2D eigenvalue weighted by molar-refractivity contribution is 6.43. The Bertz CT molecular complexity index is 1030. The van der Waals surface area contributed by atoms with Crippen LogP contribution in [0.15, 0.2) is 72.8 Å². The number of ether oxygens (including phenoxy) is 1. The zero-order chi connectivity index (χ0) is 22.2. The second-order valence-corrected chi connectivity index (χ2v) is 7.02. The van der Waals surface area contributed by atoms with Gasteiger partial charge in [0, 0.05) is 30.2 Å². The second-order valence-electron chi connectivity index (χ2n) is 7.02. The molecule has 0 bridgehead atoms. The Morgan fingerprint density at radius 2 is 1.42 bits per heavy atom. The quantitative estimate of drug-likeness (QED) is 0.518. The maximum Gasteiger partial charge on any atom is 0.314 e. The van der Waals surface area contributed by atoms with E-state index in [1.165, 1.54) is 0 Å². The van der Waals surface area contributed by atoms with Gasteiger partial charge in [0.05, 0.1) is 0 Å². The van der Waals surface area contributed by atoms with Gasteiger partial charge >= 0.3 is 11.8 Å². The first-order valence-electron chi connectivity index (χ1n) is 10.3. The van der Waals surface area contributed by atoms with Crippen LogP contribution in [0.2, 0.25) is 0 Å². The predicted octanol–water partition coefficient (Wildman–Crippen LogP) is 5.21. The molecule has 0 fully saturated rings.